The van der Waals surface area contributed by atoms with Crippen molar-refractivity contribution in [3.8, 4) is 11.4 Å². The number of nitrogens with zero attached hydrogens (tertiary/aromatic N) is 8. The van der Waals surface area contributed by atoms with Gasteiger partial charge in [-0.2, -0.15) is 0 Å². The van der Waals surface area contributed by atoms with E-state index in [2.05, 4.69) is 35.9 Å². The monoisotopic (exact) mass is 403 g/mol. The van der Waals surface area contributed by atoms with Crippen LogP contribution in [0.25, 0.3) is 22.3 Å². The second kappa shape index (κ2) is 7.71. The molecule has 0 aromatic carbocycles. The third-order valence-electron chi connectivity index (χ3n) is 5.32. The third kappa shape index (κ3) is 3.69. The third-order valence-corrected chi connectivity index (χ3v) is 5.32. The van der Waals surface area contributed by atoms with Crippen LogP contribution in [0.2, 0.25) is 0 Å². The van der Waals surface area contributed by atoms with E-state index in [4.69, 9.17) is 0 Å². The molecule has 0 bridgehead atoms. The zero-order valence-electron chi connectivity index (χ0n) is 16.6. The highest BCUT2D eigenvalue weighted by Gasteiger charge is 2.19. The summed E-state index contributed by atoms with van der Waals surface area (Å²) < 4.78 is 3.45. The van der Waals surface area contributed by atoms with Gasteiger partial charge in [0.05, 0.1) is 41.8 Å². The lowest BCUT2D eigenvalue weighted by atomic mass is 10.1. The first-order valence-corrected chi connectivity index (χ1v) is 9.94. The fourth-order valence-electron chi connectivity index (χ4n) is 3.67. The zero-order chi connectivity index (χ0) is 20.5. The molecule has 0 aliphatic carbocycles. The molecule has 0 spiro atoms. The normalized spacial score (nSPS) is 15.0. The Hall–Kier alpha value is -3.53. The molecule has 0 radical (unpaired) electrons. The SMILES string of the molecule is Cn1cc(-c2ccc3cnc(CC(=O)c4cn(C5CCNCC5)nn4)cc3n2)nn1. The van der Waals surface area contributed by atoms with Crippen molar-refractivity contribution in [3.63, 3.8) is 0 Å². The van der Waals surface area contributed by atoms with Gasteiger partial charge < -0.3 is 5.32 Å². The molecule has 5 heterocycles. The second-order valence-corrected chi connectivity index (χ2v) is 7.51. The summed E-state index contributed by atoms with van der Waals surface area (Å²) in [4.78, 5) is 21.8. The Morgan fingerprint density at radius 1 is 1.13 bits per heavy atom. The molecule has 0 amide bonds. The summed E-state index contributed by atoms with van der Waals surface area (Å²) in [6.07, 6.45) is 7.43. The molecule has 10 heteroatoms. The van der Waals surface area contributed by atoms with Crippen LogP contribution in [-0.2, 0) is 13.5 Å². The highest BCUT2D eigenvalue weighted by molar-refractivity contribution is 5.95. The standard InChI is InChI=1S/C20H21N9O/c1-28-11-18(24-26-28)16-3-2-13-10-22-14(8-17(13)23-16)9-20(30)19-12-29(27-25-19)15-4-6-21-7-5-15/h2-3,8,10-12,15,21H,4-7,9H2,1H3. The molecule has 0 unspecified atom stereocenters. The number of fused-ring (bicyclic) bond motifs is 1. The van der Waals surface area contributed by atoms with Gasteiger partial charge in [0.15, 0.2) is 5.78 Å². The fourth-order valence-corrected chi connectivity index (χ4v) is 3.67. The number of pyridine rings is 2. The van der Waals surface area contributed by atoms with Gasteiger partial charge in [-0.1, -0.05) is 10.4 Å². The average Bonchev–Trinajstić information content (AvgIpc) is 3.43. The van der Waals surface area contributed by atoms with Crippen LogP contribution in [0.1, 0.15) is 35.1 Å². The van der Waals surface area contributed by atoms with Crippen LogP contribution in [-0.4, -0.2) is 58.8 Å². The van der Waals surface area contributed by atoms with Gasteiger partial charge in [-0.15, -0.1) is 10.2 Å². The van der Waals surface area contributed by atoms with E-state index in [1.54, 1.807) is 17.1 Å². The molecule has 30 heavy (non-hydrogen) atoms. The van der Waals surface area contributed by atoms with E-state index in [9.17, 15) is 4.79 Å². The number of hydrogen-bond donors (Lipinski definition) is 1. The van der Waals surface area contributed by atoms with Gasteiger partial charge >= 0.3 is 0 Å². The van der Waals surface area contributed by atoms with Gasteiger partial charge in [-0.3, -0.25) is 14.5 Å². The van der Waals surface area contributed by atoms with Crippen LogP contribution in [0.3, 0.4) is 0 Å². The van der Waals surface area contributed by atoms with Gasteiger partial charge in [0.1, 0.15) is 11.4 Å². The molecule has 1 saturated heterocycles. The largest absolute Gasteiger partial charge is 0.317 e. The Labute approximate surface area is 172 Å². The Balaban J connectivity index is 1.35. The number of aromatic nitrogens is 8. The Morgan fingerprint density at radius 2 is 2.00 bits per heavy atom. The summed E-state index contributed by atoms with van der Waals surface area (Å²) in [5.41, 5.74) is 3.20. The van der Waals surface area contributed by atoms with Gasteiger partial charge in [0.25, 0.3) is 0 Å². The number of carbonyl (C=O) groups is 1. The Kier molecular flexibility index (Phi) is 4.75. The number of Topliss-reactive ketones (excluding diaryl/α,β-unsaturated/α-hetero) is 1. The highest BCUT2D eigenvalue weighted by Crippen LogP contribution is 2.20. The lowest BCUT2D eigenvalue weighted by Gasteiger charge is -2.22. The maximum atomic E-state index is 12.7. The van der Waals surface area contributed by atoms with Crippen molar-refractivity contribution in [2.24, 2.45) is 7.05 Å². The predicted octanol–water partition coefficient (Wildman–Crippen LogP) is 1.37. The van der Waals surface area contributed by atoms with Gasteiger partial charge in [-0.25, -0.2) is 9.67 Å². The molecule has 1 aliphatic rings. The second-order valence-electron chi connectivity index (χ2n) is 7.51. The van der Waals surface area contributed by atoms with Gasteiger partial charge in [0, 0.05) is 18.6 Å². The maximum Gasteiger partial charge on any atom is 0.190 e. The van der Waals surface area contributed by atoms with Crippen LogP contribution < -0.4 is 5.32 Å². The van der Waals surface area contributed by atoms with Crippen molar-refractivity contribution in [2.45, 2.75) is 25.3 Å². The van der Waals surface area contributed by atoms with E-state index in [1.807, 2.05) is 36.1 Å². The van der Waals surface area contributed by atoms with Crippen molar-refractivity contribution >= 4 is 16.7 Å². The first kappa shape index (κ1) is 18.5. The minimum Gasteiger partial charge on any atom is -0.317 e. The van der Waals surface area contributed by atoms with Crippen molar-refractivity contribution in [1.29, 1.82) is 0 Å². The van der Waals surface area contributed by atoms with Gasteiger partial charge in [0.2, 0.25) is 0 Å². The summed E-state index contributed by atoms with van der Waals surface area (Å²) in [5.74, 6) is -0.105. The molecule has 0 atom stereocenters. The molecule has 1 aliphatic heterocycles. The highest BCUT2D eigenvalue weighted by atomic mass is 16.1. The molecule has 1 fully saturated rings. The number of aryl methyl sites for hydroxylation is 1. The van der Waals surface area contributed by atoms with Crippen molar-refractivity contribution in [1.82, 2.24) is 45.3 Å². The first-order chi connectivity index (χ1) is 14.7. The quantitative estimate of drug-likeness (QED) is 0.497. The number of nitrogens with one attached hydrogen (secondary N) is 1. The Bertz CT molecular complexity index is 1210. The van der Waals surface area contributed by atoms with Crippen LogP contribution in [0.4, 0.5) is 0 Å². The van der Waals surface area contributed by atoms with Crippen molar-refractivity contribution in [3.05, 3.63) is 48.2 Å². The molecule has 4 aromatic rings. The van der Waals surface area contributed by atoms with Crippen molar-refractivity contribution in [2.75, 3.05) is 13.1 Å². The molecule has 5 rings (SSSR count). The fraction of sp³-hybridized carbons (Fsp3) is 0.350. The number of rotatable bonds is 5. The lowest BCUT2D eigenvalue weighted by Crippen LogP contribution is -2.29. The maximum absolute atomic E-state index is 12.7. The van der Waals surface area contributed by atoms with E-state index < -0.39 is 0 Å². The number of piperidine rings is 1. The summed E-state index contributed by atoms with van der Waals surface area (Å²) in [6.45, 7) is 1.91. The number of ketones is 1. The summed E-state index contributed by atoms with van der Waals surface area (Å²) in [5, 5.41) is 20.5. The van der Waals surface area contributed by atoms with E-state index in [0.29, 0.717) is 23.1 Å². The van der Waals surface area contributed by atoms with E-state index >= 15 is 0 Å². The number of carbonyl (C=O) groups excluding carboxylic acids is 1. The van der Waals surface area contributed by atoms with Crippen LogP contribution in [0, 0.1) is 0 Å². The van der Waals surface area contributed by atoms with Crippen LogP contribution >= 0.6 is 0 Å². The molecule has 10 nitrogen and oxygen atoms in total. The predicted molar refractivity (Wildman–Crippen MR) is 109 cm³/mol. The zero-order valence-corrected chi connectivity index (χ0v) is 16.6. The minimum atomic E-state index is -0.105. The number of hydrogen-bond acceptors (Lipinski definition) is 8. The molecule has 152 valence electrons. The van der Waals surface area contributed by atoms with Gasteiger partial charge in [-0.05, 0) is 44.1 Å². The molecule has 4 aromatic heterocycles. The summed E-state index contributed by atoms with van der Waals surface area (Å²) >= 11 is 0. The van der Waals surface area contributed by atoms with E-state index in [1.165, 1.54) is 0 Å². The van der Waals surface area contributed by atoms with Crippen molar-refractivity contribution < 1.29 is 4.79 Å². The summed E-state index contributed by atoms with van der Waals surface area (Å²) in [7, 11) is 1.81. The van der Waals surface area contributed by atoms with Crippen LogP contribution in [0.5, 0.6) is 0 Å². The molecular weight excluding hydrogens is 382 g/mol. The molecular formula is C20H21N9O. The minimum absolute atomic E-state index is 0.105. The Morgan fingerprint density at radius 3 is 2.80 bits per heavy atom. The smallest absolute Gasteiger partial charge is 0.190 e. The molecule has 0 saturated carbocycles. The first-order valence-electron chi connectivity index (χ1n) is 9.94. The van der Waals surface area contributed by atoms with Crippen LogP contribution in [0.15, 0.2) is 36.8 Å². The summed E-state index contributed by atoms with van der Waals surface area (Å²) in [6, 6.07) is 5.96. The van der Waals surface area contributed by atoms with E-state index in [0.717, 1.165) is 42.5 Å². The molecule has 1 N–H and O–H groups in total. The average molecular weight is 403 g/mol. The topological polar surface area (TPSA) is 116 Å². The lowest BCUT2D eigenvalue weighted by molar-refractivity contribution is 0.0987. The van der Waals surface area contributed by atoms with E-state index in [-0.39, 0.29) is 12.2 Å².